The lowest BCUT2D eigenvalue weighted by atomic mass is 9.81. The minimum atomic E-state index is -0.0763. The predicted molar refractivity (Wildman–Crippen MR) is 159 cm³/mol. The molecule has 0 atom stereocenters. The van der Waals surface area contributed by atoms with Gasteiger partial charge < -0.3 is 4.57 Å². The van der Waals surface area contributed by atoms with Gasteiger partial charge >= 0.3 is 0 Å². The smallest absolute Gasteiger partial charge is 0.0496 e. The third kappa shape index (κ3) is 2.82. The van der Waals surface area contributed by atoms with Crippen molar-refractivity contribution in [2.24, 2.45) is 0 Å². The number of benzene rings is 5. The molecule has 8 rings (SSSR count). The molecule has 5 aromatic carbocycles. The van der Waals surface area contributed by atoms with Crippen LogP contribution in [-0.4, -0.2) is 4.57 Å². The van der Waals surface area contributed by atoms with Crippen LogP contribution in [0.1, 0.15) is 25.0 Å². The Bertz CT molecular complexity index is 1810. The molecule has 0 spiro atoms. The number of fused-ring (bicyclic) bond motifs is 11. The van der Waals surface area contributed by atoms with Crippen LogP contribution in [0.15, 0.2) is 128 Å². The summed E-state index contributed by atoms with van der Waals surface area (Å²) in [5.41, 5.74) is 16.9. The Labute approximate surface area is 223 Å². The molecule has 0 unspecified atom stereocenters. The van der Waals surface area contributed by atoms with Crippen LogP contribution in [0, 0.1) is 0 Å². The van der Waals surface area contributed by atoms with E-state index in [0.29, 0.717) is 0 Å². The fraction of sp³-hybridized carbons (Fsp3) is 0.0811. The molecule has 6 aromatic rings. The summed E-state index contributed by atoms with van der Waals surface area (Å²) >= 11 is 0. The maximum absolute atomic E-state index is 2.38. The highest BCUT2D eigenvalue weighted by atomic mass is 15.0. The van der Waals surface area contributed by atoms with Crippen LogP contribution >= 0.6 is 0 Å². The second-order valence-electron chi connectivity index (χ2n) is 11.0. The maximum atomic E-state index is 2.38. The van der Waals surface area contributed by atoms with Crippen molar-refractivity contribution in [1.82, 2.24) is 4.57 Å². The van der Waals surface area contributed by atoms with Gasteiger partial charge in [0.25, 0.3) is 0 Å². The summed E-state index contributed by atoms with van der Waals surface area (Å²) in [5.74, 6) is 0. The molecule has 0 saturated heterocycles. The Morgan fingerprint density at radius 1 is 0.395 bits per heavy atom. The van der Waals surface area contributed by atoms with Crippen molar-refractivity contribution in [3.05, 3.63) is 139 Å². The van der Waals surface area contributed by atoms with Crippen molar-refractivity contribution < 1.29 is 0 Å². The molecule has 1 nitrogen and oxygen atoms in total. The van der Waals surface area contributed by atoms with E-state index in [0.717, 1.165) is 0 Å². The van der Waals surface area contributed by atoms with Gasteiger partial charge in [-0.15, -0.1) is 0 Å². The van der Waals surface area contributed by atoms with Gasteiger partial charge in [-0.3, -0.25) is 0 Å². The molecule has 0 fully saturated rings. The normalized spacial score (nSPS) is 13.7. The van der Waals surface area contributed by atoms with Gasteiger partial charge in [0.05, 0.1) is 0 Å². The van der Waals surface area contributed by atoms with Gasteiger partial charge in [0.1, 0.15) is 0 Å². The van der Waals surface area contributed by atoms with E-state index in [1.54, 1.807) is 0 Å². The van der Waals surface area contributed by atoms with Crippen molar-refractivity contribution in [3.63, 3.8) is 0 Å². The summed E-state index contributed by atoms with van der Waals surface area (Å²) in [4.78, 5) is 0. The van der Waals surface area contributed by atoms with E-state index < -0.39 is 0 Å². The highest BCUT2D eigenvalue weighted by molar-refractivity contribution is 6.03. The first-order valence-electron chi connectivity index (χ1n) is 13.4. The molecular weight excluding hydrogens is 458 g/mol. The van der Waals surface area contributed by atoms with E-state index in [4.69, 9.17) is 0 Å². The van der Waals surface area contributed by atoms with E-state index in [1.165, 1.54) is 72.4 Å². The highest BCUT2D eigenvalue weighted by Crippen LogP contribution is 2.52. The van der Waals surface area contributed by atoms with Crippen LogP contribution in [0.4, 0.5) is 0 Å². The van der Waals surface area contributed by atoms with Gasteiger partial charge in [-0.25, -0.2) is 0 Å². The standard InChI is InChI=1S/C37H27N/c1-37(2)34-20-10-9-18-30(34)31-19-11-21-35(36(31)37)38-22-32-28-16-7-5-14-26(28)24-12-3-4-13-25(24)27-15-6-8-17-29(27)33(32)23-38/h3-23H,1-2H3. The largest absolute Gasteiger partial charge is 0.322 e. The van der Waals surface area contributed by atoms with Crippen LogP contribution in [0.25, 0.3) is 61.3 Å². The van der Waals surface area contributed by atoms with Crippen LogP contribution in [0.2, 0.25) is 0 Å². The third-order valence-electron chi connectivity index (χ3n) is 8.60. The Kier molecular flexibility index (Phi) is 4.35. The fourth-order valence-electron chi connectivity index (χ4n) is 6.92. The number of nitrogens with zero attached hydrogens (tertiary/aromatic N) is 1. The fourth-order valence-corrected chi connectivity index (χ4v) is 6.92. The molecular formula is C37H27N. The highest BCUT2D eigenvalue weighted by Gasteiger charge is 2.37. The molecule has 1 heterocycles. The molecule has 38 heavy (non-hydrogen) atoms. The number of rotatable bonds is 1. The van der Waals surface area contributed by atoms with Gasteiger partial charge in [-0.2, -0.15) is 0 Å². The third-order valence-corrected chi connectivity index (χ3v) is 8.60. The predicted octanol–water partition coefficient (Wildman–Crippen LogP) is 9.76. The maximum Gasteiger partial charge on any atom is 0.0496 e. The number of hydrogen-bond acceptors (Lipinski definition) is 0. The Morgan fingerprint density at radius 3 is 1.29 bits per heavy atom. The molecule has 1 aromatic heterocycles. The molecule has 0 N–H and O–H groups in total. The first-order valence-corrected chi connectivity index (χ1v) is 13.4. The zero-order chi connectivity index (χ0) is 25.4. The lowest BCUT2D eigenvalue weighted by Gasteiger charge is -2.24. The van der Waals surface area contributed by atoms with Gasteiger partial charge in [0.15, 0.2) is 0 Å². The summed E-state index contributed by atoms with van der Waals surface area (Å²) in [6.45, 7) is 4.73. The average Bonchev–Trinajstić information content (AvgIpc) is 3.50. The Hall–Kier alpha value is -4.62. The lowest BCUT2D eigenvalue weighted by molar-refractivity contribution is 0.655. The molecule has 0 aliphatic heterocycles. The van der Waals surface area contributed by atoms with Crippen molar-refractivity contribution in [3.8, 4) is 61.3 Å². The molecule has 0 saturated carbocycles. The summed E-state index contributed by atoms with van der Waals surface area (Å²) in [7, 11) is 0. The number of aromatic nitrogens is 1. The zero-order valence-corrected chi connectivity index (χ0v) is 21.6. The molecule has 0 bridgehead atoms. The summed E-state index contributed by atoms with van der Waals surface area (Å²) < 4.78 is 2.38. The summed E-state index contributed by atoms with van der Waals surface area (Å²) in [6.07, 6.45) is 4.71. The van der Waals surface area contributed by atoms with Crippen LogP contribution in [0.3, 0.4) is 0 Å². The molecule has 0 radical (unpaired) electrons. The second-order valence-corrected chi connectivity index (χ2v) is 11.0. The summed E-state index contributed by atoms with van der Waals surface area (Å²) in [6, 6.07) is 42.2. The van der Waals surface area contributed by atoms with Crippen molar-refractivity contribution in [2.75, 3.05) is 0 Å². The average molecular weight is 486 g/mol. The molecule has 2 aliphatic rings. The van der Waals surface area contributed by atoms with Crippen molar-refractivity contribution in [2.45, 2.75) is 19.3 Å². The van der Waals surface area contributed by atoms with Gasteiger partial charge in [0.2, 0.25) is 0 Å². The number of hydrogen-bond donors (Lipinski definition) is 0. The first kappa shape index (κ1) is 21.5. The zero-order valence-electron chi connectivity index (χ0n) is 21.6. The summed E-state index contributed by atoms with van der Waals surface area (Å²) in [5, 5.41) is 0. The van der Waals surface area contributed by atoms with E-state index in [1.807, 2.05) is 0 Å². The van der Waals surface area contributed by atoms with Crippen LogP contribution in [-0.2, 0) is 5.41 Å². The molecule has 1 heteroatoms. The Balaban J connectivity index is 1.44. The quantitative estimate of drug-likeness (QED) is 0.218. The first-order chi connectivity index (χ1) is 18.6. The van der Waals surface area contributed by atoms with Gasteiger partial charge in [0, 0.05) is 34.6 Å². The SMILES string of the molecule is CC1(C)c2ccccc2-c2cccc(-n3cc4c(c3)-c3ccccc3-c3ccccc3-c3ccccc3-4)c21. The molecule has 180 valence electrons. The molecule has 2 aliphatic carbocycles. The molecule has 0 amide bonds. The van der Waals surface area contributed by atoms with E-state index in [9.17, 15) is 0 Å². The minimum absolute atomic E-state index is 0.0763. The minimum Gasteiger partial charge on any atom is -0.322 e. The topological polar surface area (TPSA) is 4.93 Å². The van der Waals surface area contributed by atoms with E-state index in [-0.39, 0.29) is 5.41 Å². The monoisotopic (exact) mass is 485 g/mol. The Morgan fingerprint density at radius 2 is 0.789 bits per heavy atom. The van der Waals surface area contributed by atoms with Crippen molar-refractivity contribution >= 4 is 0 Å². The van der Waals surface area contributed by atoms with Crippen LogP contribution in [0.5, 0.6) is 0 Å². The lowest BCUT2D eigenvalue weighted by Crippen LogP contribution is -2.17. The van der Waals surface area contributed by atoms with E-state index in [2.05, 4.69) is 146 Å². The van der Waals surface area contributed by atoms with Gasteiger partial charge in [-0.1, -0.05) is 123 Å². The van der Waals surface area contributed by atoms with Crippen LogP contribution < -0.4 is 0 Å². The van der Waals surface area contributed by atoms with E-state index >= 15 is 0 Å². The second kappa shape index (κ2) is 7.69. The van der Waals surface area contributed by atoms with Gasteiger partial charge in [-0.05, 0) is 61.7 Å². The van der Waals surface area contributed by atoms with Crippen molar-refractivity contribution in [1.29, 1.82) is 0 Å².